The van der Waals surface area contributed by atoms with Crippen LogP contribution in [0.5, 0.6) is 11.5 Å². The summed E-state index contributed by atoms with van der Waals surface area (Å²) in [4.78, 5) is 52.1. The van der Waals surface area contributed by atoms with Crippen LogP contribution in [-0.2, 0) is 14.3 Å². The van der Waals surface area contributed by atoms with Crippen molar-refractivity contribution in [3.05, 3.63) is 88.6 Å². The minimum atomic E-state index is -0.731. The number of hydrogen-bond acceptors (Lipinski definition) is 8. The molecule has 10 nitrogen and oxygen atoms in total. The number of anilines is 3. The molecular weight excluding hydrogens is 538 g/mol. The van der Waals surface area contributed by atoms with Crippen LogP contribution in [0.1, 0.15) is 34.6 Å². The van der Waals surface area contributed by atoms with Gasteiger partial charge in [0.25, 0.3) is 17.7 Å². The highest BCUT2D eigenvalue weighted by Crippen LogP contribution is 2.32. The molecule has 40 heavy (non-hydrogen) atoms. The number of ether oxygens (including phenoxy) is 3. The van der Waals surface area contributed by atoms with Crippen LogP contribution in [0, 0.1) is 0 Å². The van der Waals surface area contributed by atoms with Gasteiger partial charge in [-0.3, -0.25) is 14.4 Å². The monoisotopic (exact) mass is 563 g/mol. The van der Waals surface area contributed by atoms with Crippen molar-refractivity contribution in [1.82, 2.24) is 0 Å². The SMILES string of the molecule is COc1ccc(OC)c(NC(=O)c2cccc(NC3=C(Cl)C(=O)N(c4ccc(C(=O)OC(C)C)cc4)C3=O)c2)c1. The van der Waals surface area contributed by atoms with E-state index >= 15 is 0 Å². The van der Waals surface area contributed by atoms with Gasteiger partial charge in [0.05, 0.1) is 37.3 Å². The number of nitrogens with one attached hydrogen (secondary N) is 2. The van der Waals surface area contributed by atoms with Gasteiger partial charge in [0.1, 0.15) is 22.2 Å². The zero-order chi connectivity index (χ0) is 29.0. The molecule has 0 bridgehead atoms. The van der Waals surface area contributed by atoms with E-state index in [9.17, 15) is 19.2 Å². The summed E-state index contributed by atoms with van der Waals surface area (Å²) in [6, 6.07) is 17.2. The molecule has 0 fully saturated rings. The maximum Gasteiger partial charge on any atom is 0.338 e. The fourth-order valence-corrected chi connectivity index (χ4v) is 4.08. The average Bonchev–Trinajstić information content (AvgIpc) is 3.15. The van der Waals surface area contributed by atoms with Crippen molar-refractivity contribution >= 4 is 52.4 Å². The third-order valence-electron chi connectivity index (χ3n) is 5.78. The van der Waals surface area contributed by atoms with E-state index in [4.69, 9.17) is 25.8 Å². The van der Waals surface area contributed by atoms with Gasteiger partial charge in [0.2, 0.25) is 0 Å². The van der Waals surface area contributed by atoms with Crippen LogP contribution in [0.15, 0.2) is 77.5 Å². The van der Waals surface area contributed by atoms with E-state index in [2.05, 4.69) is 10.6 Å². The first kappa shape index (κ1) is 28.2. The molecule has 11 heteroatoms. The number of esters is 1. The number of halogens is 1. The molecule has 1 aliphatic heterocycles. The van der Waals surface area contributed by atoms with Crippen molar-refractivity contribution in [2.75, 3.05) is 29.8 Å². The van der Waals surface area contributed by atoms with E-state index in [1.54, 1.807) is 50.2 Å². The summed E-state index contributed by atoms with van der Waals surface area (Å²) >= 11 is 6.25. The number of hydrogen-bond donors (Lipinski definition) is 2. The van der Waals surface area contributed by atoms with Gasteiger partial charge >= 0.3 is 5.97 Å². The molecule has 0 radical (unpaired) electrons. The number of imide groups is 1. The second-order valence-electron chi connectivity index (χ2n) is 8.86. The van der Waals surface area contributed by atoms with Gasteiger partial charge in [-0.1, -0.05) is 17.7 Å². The maximum absolute atomic E-state index is 13.2. The summed E-state index contributed by atoms with van der Waals surface area (Å²) in [6.45, 7) is 3.46. The highest BCUT2D eigenvalue weighted by molar-refractivity contribution is 6.53. The minimum Gasteiger partial charge on any atom is -0.497 e. The Balaban J connectivity index is 1.51. The van der Waals surface area contributed by atoms with Gasteiger partial charge < -0.3 is 24.8 Å². The maximum atomic E-state index is 13.2. The summed E-state index contributed by atoms with van der Waals surface area (Å²) in [5.74, 6) is -1.41. The van der Waals surface area contributed by atoms with E-state index in [1.807, 2.05) is 0 Å². The first-order valence-electron chi connectivity index (χ1n) is 12.1. The van der Waals surface area contributed by atoms with Crippen LogP contribution in [0.25, 0.3) is 0 Å². The molecule has 0 aliphatic carbocycles. The van der Waals surface area contributed by atoms with Crippen molar-refractivity contribution in [2.45, 2.75) is 20.0 Å². The molecule has 1 aliphatic rings. The number of amides is 3. The first-order chi connectivity index (χ1) is 19.1. The average molecular weight is 564 g/mol. The van der Waals surface area contributed by atoms with Crippen molar-refractivity contribution in [3.63, 3.8) is 0 Å². The van der Waals surface area contributed by atoms with Gasteiger partial charge in [-0.2, -0.15) is 0 Å². The fraction of sp³-hybridized carbons (Fsp3) is 0.172. The Labute approximate surface area is 235 Å². The lowest BCUT2D eigenvalue weighted by Gasteiger charge is -2.16. The molecule has 0 saturated heterocycles. The summed E-state index contributed by atoms with van der Waals surface area (Å²) in [5.41, 5.74) is 1.38. The van der Waals surface area contributed by atoms with Gasteiger partial charge in [0.15, 0.2) is 0 Å². The molecule has 2 N–H and O–H groups in total. The Hall–Kier alpha value is -4.83. The number of carbonyl (C=O) groups is 4. The number of carbonyl (C=O) groups excluding carboxylic acids is 4. The Morgan fingerprint density at radius 3 is 2.25 bits per heavy atom. The highest BCUT2D eigenvalue weighted by atomic mass is 35.5. The van der Waals surface area contributed by atoms with Gasteiger partial charge in [-0.15, -0.1) is 0 Å². The molecule has 0 saturated carbocycles. The van der Waals surface area contributed by atoms with Gasteiger partial charge in [-0.05, 0) is 68.4 Å². The predicted molar refractivity (Wildman–Crippen MR) is 150 cm³/mol. The smallest absolute Gasteiger partial charge is 0.338 e. The van der Waals surface area contributed by atoms with E-state index in [0.29, 0.717) is 22.9 Å². The molecule has 0 unspecified atom stereocenters. The Morgan fingerprint density at radius 2 is 1.60 bits per heavy atom. The third-order valence-corrected chi connectivity index (χ3v) is 6.13. The standard InChI is InChI=1S/C29H26ClN3O7/c1-16(2)40-29(37)17-8-10-20(11-9-17)33-27(35)24(30)25(28(33)36)31-19-7-5-6-18(14-19)26(34)32-22-15-21(38-3)12-13-23(22)39-4/h5-16,31H,1-4H3,(H,32,34). The number of nitrogens with zero attached hydrogens (tertiary/aromatic N) is 1. The second kappa shape index (κ2) is 11.9. The number of methoxy groups -OCH3 is 2. The number of benzene rings is 3. The normalized spacial score (nSPS) is 13.0. The summed E-state index contributed by atoms with van der Waals surface area (Å²) < 4.78 is 15.7. The number of rotatable bonds is 9. The van der Waals surface area contributed by atoms with Crippen LogP contribution < -0.4 is 25.0 Å². The van der Waals surface area contributed by atoms with Crippen molar-refractivity contribution in [1.29, 1.82) is 0 Å². The lowest BCUT2D eigenvalue weighted by atomic mass is 10.1. The Kier molecular flexibility index (Phi) is 8.40. The Bertz CT molecular complexity index is 1520. The van der Waals surface area contributed by atoms with Gasteiger partial charge in [-0.25, -0.2) is 9.69 Å². The second-order valence-corrected chi connectivity index (χ2v) is 9.24. The topological polar surface area (TPSA) is 123 Å². The van der Waals surface area contributed by atoms with Crippen LogP contribution in [-0.4, -0.2) is 44.0 Å². The summed E-state index contributed by atoms with van der Waals surface area (Å²) in [6.07, 6.45) is -0.292. The van der Waals surface area contributed by atoms with Crippen LogP contribution in [0.2, 0.25) is 0 Å². The van der Waals surface area contributed by atoms with Crippen LogP contribution >= 0.6 is 11.6 Å². The van der Waals surface area contributed by atoms with Crippen LogP contribution in [0.3, 0.4) is 0 Å². The molecule has 0 atom stereocenters. The molecular formula is C29H26ClN3O7. The van der Waals surface area contributed by atoms with Crippen molar-refractivity contribution < 1.29 is 33.4 Å². The quantitative estimate of drug-likeness (QED) is 0.277. The molecule has 4 rings (SSSR count). The largest absolute Gasteiger partial charge is 0.497 e. The predicted octanol–water partition coefficient (Wildman–Crippen LogP) is 4.96. The molecule has 0 spiro atoms. The molecule has 3 amide bonds. The highest BCUT2D eigenvalue weighted by Gasteiger charge is 2.39. The first-order valence-corrected chi connectivity index (χ1v) is 12.5. The molecule has 1 heterocycles. The van der Waals surface area contributed by atoms with E-state index in [0.717, 1.165) is 4.90 Å². The lowest BCUT2D eigenvalue weighted by molar-refractivity contribution is -0.120. The minimum absolute atomic E-state index is 0.151. The summed E-state index contributed by atoms with van der Waals surface area (Å²) in [7, 11) is 3.00. The van der Waals surface area contributed by atoms with Crippen molar-refractivity contribution in [2.24, 2.45) is 0 Å². The van der Waals surface area contributed by atoms with Crippen LogP contribution in [0.4, 0.5) is 17.1 Å². The van der Waals surface area contributed by atoms with Gasteiger partial charge in [0, 0.05) is 17.3 Å². The molecule has 206 valence electrons. The molecule has 3 aromatic carbocycles. The lowest BCUT2D eigenvalue weighted by Crippen LogP contribution is -2.32. The Morgan fingerprint density at radius 1 is 0.875 bits per heavy atom. The van der Waals surface area contributed by atoms with E-state index in [1.165, 1.54) is 44.6 Å². The van der Waals surface area contributed by atoms with E-state index < -0.39 is 23.7 Å². The third kappa shape index (κ3) is 5.92. The molecule has 0 aromatic heterocycles. The zero-order valence-corrected chi connectivity index (χ0v) is 22.9. The fourth-order valence-electron chi connectivity index (χ4n) is 3.86. The van der Waals surface area contributed by atoms with E-state index in [-0.39, 0.29) is 33.6 Å². The summed E-state index contributed by atoms with van der Waals surface area (Å²) in [5, 5.41) is 5.32. The van der Waals surface area contributed by atoms with Crippen molar-refractivity contribution in [3.8, 4) is 11.5 Å². The zero-order valence-electron chi connectivity index (χ0n) is 22.1. The molecule has 3 aromatic rings.